The quantitative estimate of drug-likeness (QED) is 0.676. The summed E-state index contributed by atoms with van der Waals surface area (Å²) < 4.78 is 0. The third-order valence-corrected chi connectivity index (χ3v) is 3.42. The van der Waals surface area contributed by atoms with Crippen molar-refractivity contribution >= 4 is 0 Å². The normalized spacial score (nSPS) is 25.2. The molecule has 0 radical (unpaired) electrons. The molecule has 1 saturated carbocycles. The van der Waals surface area contributed by atoms with Crippen LogP contribution in [0.4, 0.5) is 0 Å². The Morgan fingerprint density at radius 1 is 1.33 bits per heavy atom. The number of hydrogen-bond donors (Lipinski definition) is 2. The fourth-order valence-corrected chi connectivity index (χ4v) is 2.16. The molecule has 0 aromatic rings. The van der Waals surface area contributed by atoms with Gasteiger partial charge in [0.25, 0.3) is 0 Å². The van der Waals surface area contributed by atoms with E-state index in [1.54, 1.807) is 0 Å². The Bertz CT molecular complexity index is 126. The van der Waals surface area contributed by atoms with Crippen molar-refractivity contribution in [3.8, 4) is 0 Å². The first-order chi connectivity index (χ1) is 5.73. The first-order valence-corrected chi connectivity index (χ1v) is 5.04. The van der Waals surface area contributed by atoms with Crippen LogP contribution in [0.3, 0.4) is 0 Å². The van der Waals surface area contributed by atoms with Crippen LogP contribution in [0.5, 0.6) is 0 Å². The molecule has 1 atom stereocenters. The molecule has 2 heteroatoms. The van der Waals surface area contributed by atoms with E-state index in [-0.39, 0.29) is 12.0 Å². The van der Waals surface area contributed by atoms with Gasteiger partial charge < -0.3 is 10.8 Å². The first-order valence-electron chi connectivity index (χ1n) is 5.04. The van der Waals surface area contributed by atoms with Gasteiger partial charge in [-0.25, -0.2) is 0 Å². The number of rotatable bonds is 3. The number of aliphatic hydroxyl groups is 1. The Labute approximate surface area is 75.2 Å². The summed E-state index contributed by atoms with van der Waals surface area (Å²) in [5.41, 5.74) is 5.67. The van der Waals surface area contributed by atoms with Gasteiger partial charge in [0, 0.05) is 18.6 Å². The maximum Gasteiger partial charge on any atom is 0.0499 e. The first kappa shape index (κ1) is 10.0. The largest absolute Gasteiger partial charge is 0.396 e. The minimum Gasteiger partial charge on any atom is -0.396 e. The Kier molecular flexibility index (Phi) is 3.53. The Morgan fingerprint density at radius 3 is 2.33 bits per heavy atom. The van der Waals surface area contributed by atoms with Gasteiger partial charge in [-0.1, -0.05) is 26.2 Å². The standard InChI is InChI=1S/C10H21NO/c1-10(7-11,8-12)9-5-3-2-4-6-9/h9,12H,2-8,11H2,1H3. The third-order valence-electron chi connectivity index (χ3n) is 3.42. The molecular weight excluding hydrogens is 150 g/mol. The monoisotopic (exact) mass is 171 g/mol. The van der Waals surface area contributed by atoms with E-state index in [4.69, 9.17) is 5.73 Å². The fourth-order valence-electron chi connectivity index (χ4n) is 2.16. The summed E-state index contributed by atoms with van der Waals surface area (Å²) in [6, 6.07) is 0. The molecule has 0 aliphatic heterocycles. The minimum absolute atomic E-state index is 0.0135. The van der Waals surface area contributed by atoms with Crippen molar-refractivity contribution in [3.63, 3.8) is 0 Å². The molecule has 1 aliphatic rings. The van der Waals surface area contributed by atoms with Gasteiger partial charge in [-0.05, 0) is 18.8 Å². The van der Waals surface area contributed by atoms with Gasteiger partial charge in [-0.3, -0.25) is 0 Å². The van der Waals surface area contributed by atoms with Crippen LogP contribution in [-0.4, -0.2) is 18.3 Å². The van der Waals surface area contributed by atoms with E-state index in [2.05, 4.69) is 6.92 Å². The van der Waals surface area contributed by atoms with E-state index in [0.29, 0.717) is 12.5 Å². The molecule has 0 saturated heterocycles. The van der Waals surface area contributed by atoms with Crippen LogP contribution in [0.1, 0.15) is 39.0 Å². The van der Waals surface area contributed by atoms with E-state index in [9.17, 15) is 5.11 Å². The molecule has 1 aliphatic carbocycles. The molecule has 1 rings (SSSR count). The van der Waals surface area contributed by atoms with Gasteiger partial charge in [-0.15, -0.1) is 0 Å². The zero-order valence-corrected chi connectivity index (χ0v) is 8.05. The Balaban J connectivity index is 2.51. The van der Waals surface area contributed by atoms with Crippen molar-refractivity contribution in [1.29, 1.82) is 0 Å². The van der Waals surface area contributed by atoms with E-state index >= 15 is 0 Å². The van der Waals surface area contributed by atoms with Gasteiger partial charge in [0.05, 0.1) is 0 Å². The summed E-state index contributed by atoms with van der Waals surface area (Å²) in [6.07, 6.45) is 6.52. The molecule has 72 valence electrons. The third kappa shape index (κ3) is 1.99. The van der Waals surface area contributed by atoms with E-state index in [1.165, 1.54) is 32.1 Å². The highest BCUT2D eigenvalue weighted by molar-refractivity contribution is 4.84. The van der Waals surface area contributed by atoms with Crippen LogP contribution in [0, 0.1) is 11.3 Å². The van der Waals surface area contributed by atoms with Crippen LogP contribution < -0.4 is 5.73 Å². The molecule has 1 fully saturated rings. The topological polar surface area (TPSA) is 46.2 Å². The van der Waals surface area contributed by atoms with Crippen LogP contribution >= 0.6 is 0 Å². The summed E-state index contributed by atoms with van der Waals surface area (Å²) in [7, 11) is 0. The van der Waals surface area contributed by atoms with Crippen molar-refractivity contribution in [2.24, 2.45) is 17.1 Å². The van der Waals surface area contributed by atoms with Crippen molar-refractivity contribution in [3.05, 3.63) is 0 Å². The fraction of sp³-hybridized carbons (Fsp3) is 1.00. The molecular formula is C10H21NO. The van der Waals surface area contributed by atoms with E-state index < -0.39 is 0 Å². The lowest BCUT2D eigenvalue weighted by molar-refractivity contribution is 0.0641. The van der Waals surface area contributed by atoms with Crippen molar-refractivity contribution in [2.75, 3.05) is 13.2 Å². The van der Waals surface area contributed by atoms with Gasteiger partial charge in [0.1, 0.15) is 0 Å². The van der Waals surface area contributed by atoms with Crippen molar-refractivity contribution in [2.45, 2.75) is 39.0 Å². The molecule has 0 aromatic heterocycles. The van der Waals surface area contributed by atoms with Crippen LogP contribution in [0.2, 0.25) is 0 Å². The second kappa shape index (κ2) is 4.24. The minimum atomic E-state index is -0.0135. The molecule has 0 amide bonds. The van der Waals surface area contributed by atoms with Crippen LogP contribution in [-0.2, 0) is 0 Å². The average Bonchev–Trinajstić information content (AvgIpc) is 2.18. The van der Waals surface area contributed by atoms with E-state index in [1.807, 2.05) is 0 Å². The lowest BCUT2D eigenvalue weighted by atomic mass is 9.70. The SMILES string of the molecule is CC(CN)(CO)C1CCCCC1. The Morgan fingerprint density at radius 2 is 1.92 bits per heavy atom. The maximum absolute atomic E-state index is 9.26. The highest BCUT2D eigenvalue weighted by Crippen LogP contribution is 2.37. The second-order valence-corrected chi connectivity index (χ2v) is 4.35. The lowest BCUT2D eigenvalue weighted by Crippen LogP contribution is -2.39. The van der Waals surface area contributed by atoms with Gasteiger partial charge in [-0.2, -0.15) is 0 Å². The van der Waals surface area contributed by atoms with Gasteiger partial charge in [0.15, 0.2) is 0 Å². The molecule has 3 N–H and O–H groups in total. The Hall–Kier alpha value is -0.0800. The van der Waals surface area contributed by atoms with Crippen LogP contribution in [0.15, 0.2) is 0 Å². The predicted octanol–water partition coefficient (Wildman–Crippen LogP) is 1.52. The number of hydrogen-bond acceptors (Lipinski definition) is 2. The summed E-state index contributed by atoms with van der Waals surface area (Å²) in [6.45, 7) is 2.98. The smallest absolute Gasteiger partial charge is 0.0499 e. The summed E-state index contributed by atoms with van der Waals surface area (Å²) in [4.78, 5) is 0. The summed E-state index contributed by atoms with van der Waals surface area (Å²) in [5, 5.41) is 9.26. The van der Waals surface area contributed by atoms with Crippen molar-refractivity contribution < 1.29 is 5.11 Å². The van der Waals surface area contributed by atoms with E-state index in [0.717, 1.165) is 0 Å². The van der Waals surface area contributed by atoms with Gasteiger partial charge >= 0.3 is 0 Å². The molecule has 1 unspecified atom stereocenters. The van der Waals surface area contributed by atoms with Crippen LogP contribution in [0.25, 0.3) is 0 Å². The molecule has 0 aromatic carbocycles. The number of nitrogens with two attached hydrogens (primary N) is 1. The summed E-state index contributed by atoms with van der Waals surface area (Å²) >= 11 is 0. The molecule has 12 heavy (non-hydrogen) atoms. The van der Waals surface area contributed by atoms with Gasteiger partial charge in [0.2, 0.25) is 0 Å². The molecule has 0 heterocycles. The predicted molar refractivity (Wildman–Crippen MR) is 50.8 cm³/mol. The summed E-state index contributed by atoms with van der Waals surface area (Å²) in [5.74, 6) is 0.654. The molecule has 0 bridgehead atoms. The average molecular weight is 171 g/mol. The van der Waals surface area contributed by atoms with Crippen molar-refractivity contribution in [1.82, 2.24) is 0 Å². The number of aliphatic hydroxyl groups excluding tert-OH is 1. The highest BCUT2D eigenvalue weighted by Gasteiger charge is 2.32. The zero-order chi connectivity index (χ0) is 9.03. The highest BCUT2D eigenvalue weighted by atomic mass is 16.3. The maximum atomic E-state index is 9.26. The molecule has 0 spiro atoms. The second-order valence-electron chi connectivity index (χ2n) is 4.35. The lowest BCUT2D eigenvalue weighted by Gasteiger charge is -2.37. The zero-order valence-electron chi connectivity index (χ0n) is 8.05. The molecule has 2 nitrogen and oxygen atoms in total.